The predicted molar refractivity (Wildman–Crippen MR) is 96.7 cm³/mol. The third kappa shape index (κ3) is 4.89. The van der Waals surface area contributed by atoms with E-state index in [2.05, 4.69) is 4.90 Å². The standard InChI is InChI=1S/C20H27FN2O2/c1-16(15-17-3-5-18(21)6-4-17)20(24)23-10-2-9-22(11-12-23)19-7-13-25-14-8-19/h3-6,15,19H,2,7-14H2,1H3. The van der Waals surface area contributed by atoms with Crippen LogP contribution in [0.25, 0.3) is 6.08 Å². The van der Waals surface area contributed by atoms with Gasteiger partial charge in [-0.05, 0) is 50.0 Å². The Morgan fingerprint density at radius 2 is 1.84 bits per heavy atom. The fourth-order valence-electron chi connectivity index (χ4n) is 3.68. The first-order chi connectivity index (χ1) is 12.1. The van der Waals surface area contributed by atoms with Crippen molar-refractivity contribution in [3.05, 3.63) is 41.2 Å². The molecule has 1 aromatic rings. The number of nitrogens with zero attached hydrogens (tertiary/aromatic N) is 2. The average Bonchev–Trinajstić information content (AvgIpc) is 2.90. The highest BCUT2D eigenvalue weighted by Crippen LogP contribution is 2.18. The molecule has 0 unspecified atom stereocenters. The highest BCUT2D eigenvalue weighted by atomic mass is 19.1. The van der Waals surface area contributed by atoms with Crippen molar-refractivity contribution in [3.8, 4) is 0 Å². The maximum atomic E-state index is 13.0. The van der Waals surface area contributed by atoms with Gasteiger partial charge in [-0.15, -0.1) is 0 Å². The van der Waals surface area contributed by atoms with Crippen LogP contribution in [0.15, 0.2) is 29.8 Å². The summed E-state index contributed by atoms with van der Waals surface area (Å²) < 4.78 is 18.5. The summed E-state index contributed by atoms with van der Waals surface area (Å²) in [7, 11) is 0. The van der Waals surface area contributed by atoms with E-state index in [0.29, 0.717) is 11.6 Å². The van der Waals surface area contributed by atoms with E-state index in [4.69, 9.17) is 4.74 Å². The van der Waals surface area contributed by atoms with Crippen LogP contribution in [0.2, 0.25) is 0 Å². The quantitative estimate of drug-likeness (QED) is 0.789. The molecule has 5 heteroatoms. The lowest BCUT2D eigenvalue weighted by Gasteiger charge is -2.33. The summed E-state index contributed by atoms with van der Waals surface area (Å²) in [4.78, 5) is 17.2. The molecule has 3 rings (SSSR count). The second kappa shape index (κ2) is 8.59. The van der Waals surface area contributed by atoms with Crippen molar-refractivity contribution in [3.63, 3.8) is 0 Å². The van der Waals surface area contributed by atoms with Gasteiger partial charge in [0.1, 0.15) is 5.82 Å². The van der Waals surface area contributed by atoms with E-state index in [9.17, 15) is 9.18 Å². The van der Waals surface area contributed by atoms with Gasteiger partial charge in [-0.3, -0.25) is 9.69 Å². The van der Waals surface area contributed by atoms with E-state index in [1.165, 1.54) is 12.1 Å². The zero-order valence-corrected chi connectivity index (χ0v) is 14.9. The van der Waals surface area contributed by atoms with Crippen molar-refractivity contribution < 1.29 is 13.9 Å². The lowest BCUT2D eigenvalue weighted by molar-refractivity contribution is -0.126. The molecule has 0 aromatic heterocycles. The van der Waals surface area contributed by atoms with Crippen LogP contribution in [-0.2, 0) is 9.53 Å². The Bertz CT molecular complexity index is 609. The molecule has 0 N–H and O–H groups in total. The van der Waals surface area contributed by atoms with Gasteiger partial charge in [0.2, 0.25) is 5.91 Å². The Kier molecular flexibility index (Phi) is 6.21. The van der Waals surface area contributed by atoms with Gasteiger partial charge in [-0.1, -0.05) is 12.1 Å². The van der Waals surface area contributed by atoms with E-state index >= 15 is 0 Å². The van der Waals surface area contributed by atoms with Gasteiger partial charge in [-0.25, -0.2) is 4.39 Å². The van der Waals surface area contributed by atoms with Crippen molar-refractivity contribution in [2.45, 2.75) is 32.2 Å². The highest BCUT2D eigenvalue weighted by Gasteiger charge is 2.25. The molecule has 2 heterocycles. The molecule has 0 aliphatic carbocycles. The fraction of sp³-hybridized carbons (Fsp3) is 0.550. The molecular weight excluding hydrogens is 319 g/mol. The van der Waals surface area contributed by atoms with Crippen LogP contribution < -0.4 is 0 Å². The van der Waals surface area contributed by atoms with Crippen molar-refractivity contribution >= 4 is 12.0 Å². The Morgan fingerprint density at radius 3 is 2.56 bits per heavy atom. The van der Waals surface area contributed by atoms with Crippen molar-refractivity contribution in [2.75, 3.05) is 39.4 Å². The number of carbonyl (C=O) groups is 1. The molecule has 0 bridgehead atoms. The Hall–Kier alpha value is -1.72. The van der Waals surface area contributed by atoms with Crippen molar-refractivity contribution in [1.82, 2.24) is 9.80 Å². The molecule has 2 fully saturated rings. The Balaban J connectivity index is 1.59. The maximum Gasteiger partial charge on any atom is 0.249 e. The molecule has 1 amide bonds. The number of benzene rings is 1. The third-order valence-corrected chi connectivity index (χ3v) is 5.12. The number of rotatable bonds is 3. The van der Waals surface area contributed by atoms with Crippen molar-refractivity contribution in [2.24, 2.45) is 0 Å². The fourth-order valence-corrected chi connectivity index (χ4v) is 3.68. The van der Waals surface area contributed by atoms with Crippen LogP contribution in [0, 0.1) is 5.82 Å². The molecule has 0 spiro atoms. The second-order valence-corrected chi connectivity index (χ2v) is 6.90. The zero-order chi connectivity index (χ0) is 17.6. The lowest BCUT2D eigenvalue weighted by atomic mass is 10.1. The molecule has 136 valence electrons. The van der Waals surface area contributed by atoms with Crippen LogP contribution in [0.3, 0.4) is 0 Å². The Labute approximate surface area is 149 Å². The molecule has 0 atom stereocenters. The highest BCUT2D eigenvalue weighted by molar-refractivity contribution is 5.97. The number of amides is 1. The van der Waals surface area contributed by atoms with Gasteiger partial charge in [0, 0.05) is 51.0 Å². The first-order valence-electron chi connectivity index (χ1n) is 9.18. The minimum absolute atomic E-state index is 0.0816. The summed E-state index contributed by atoms with van der Waals surface area (Å²) in [6.45, 7) is 7.09. The summed E-state index contributed by atoms with van der Waals surface area (Å²) in [6, 6.07) is 6.82. The van der Waals surface area contributed by atoms with Gasteiger partial charge in [0.05, 0.1) is 0 Å². The number of ether oxygens (including phenoxy) is 1. The van der Waals surface area contributed by atoms with Crippen LogP contribution in [0.5, 0.6) is 0 Å². The number of hydrogen-bond acceptors (Lipinski definition) is 3. The van der Waals surface area contributed by atoms with Gasteiger partial charge >= 0.3 is 0 Å². The number of halogens is 1. The van der Waals surface area contributed by atoms with E-state index in [0.717, 1.165) is 64.2 Å². The molecular formula is C20H27FN2O2. The average molecular weight is 346 g/mol. The normalized spacial score (nSPS) is 21.2. The summed E-state index contributed by atoms with van der Waals surface area (Å²) in [5, 5.41) is 0. The minimum atomic E-state index is -0.262. The summed E-state index contributed by atoms with van der Waals surface area (Å²) in [5.41, 5.74) is 1.55. The first kappa shape index (κ1) is 18.1. The van der Waals surface area contributed by atoms with E-state index in [-0.39, 0.29) is 11.7 Å². The summed E-state index contributed by atoms with van der Waals surface area (Å²) >= 11 is 0. The zero-order valence-electron chi connectivity index (χ0n) is 14.9. The van der Waals surface area contributed by atoms with Gasteiger partial charge < -0.3 is 9.64 Å². The minimum Gasteiger partial charge on any atom is -0.381 e. The smallest absolute Gasteiger partial charge is 0.249 e. The van der Waals surface area contributed by atoms with E-state index < -0.39 is 0 Å². The predicted octanol–water partition coefficient (Wildman–Crippen LogP) is 2.94. The van der Waals surface area contributed by atoms with Gasteiger partial charge in [0.15, 0.2) is 0 Å². The monoisotopic (exact) mass is 346 g/mol. The molecule has 0 saturated carbocycles. The number of hydrogen-bond donors (Lipinski definition) is 0. The van der Waals surface area contributed by atoms with Crippen LogP contribution >= 0.6 is 0 Å². The van der Waals surface area contributed by atoms with Crippen LogP contribution in [0.4, 0.5) is 4.39 Å². The van der Waals surface area contributed by atoms with Crippen molar-refractivity contribution in [1.29, 1.82) is 0 Å². The van der Waals surface area contributed by atoms with Crippen LogP contribution in [-0.4, -0.2) is 61.1 Å². The lowest BCUT2D eigenvalue weighted by Crippen LogP contribution is -2.42. The summed E-state index contributed by atoms with van der Waals surface area (Å²) in [5.74, 6) is -0.181. The third-order valence-electron chi connectivity index (χ3n) is 5.12. The molecule has 4 nitrogen and oxygen atoms in total. The van der Waals surface area contributed by atoms with Gasteiger partial charge in [-0.2, -0.15) is 0 Å². The Morgan fingerprint density at radius 1 is 1.12 bits per heavy atom. The van der Waals surface area contributed by atoms with Gasteiger partial charge in [0.25, 0.3) is 0 Å². The summed E-state index contributed by atoms with van der Waals surface area (Å²) in [6.07, 6.45) is 5.03. The van der Waals surface area contributed by atoms with E-state index in [1.807, 2.05) is 17.9 Å². The first-order valence-corrected chi connectivity index (χ1v) is 9.18. The molecule has 1 aromatic carbocycles. The molecule has 25 heavy (non-hydrogen) atoms. The maximum absolute atomic E-state index is 13.0. The van der Waals surface area contributed by atoms with E-state index in [1.54, 1.807) is 12.1 Å². The topological polar surface area (TPSA) is 32.8 Å². The molecule has 2 aliphatic rings. The SMILES string of the molecule is CC(=Cc1ccc(F)cc1)C(=O)N1CCCN(C2CCOCC2)CC1. The molecule has 2 aliphatic heterocycles. The second-order valence-electron chi connectivity index (χ2n) is 6.90. The molecule has 2 saturated heterocycles. The molecule has 0 radical (unpaired) electrons. The largest absolute Gasteiger partial charge is 0.381 e. The van der Waals surface area contributed by atoms with Crippen LogP contribution in [0.1, 0.15) is 31.7 Å². The number of carbonyl (C=O) groups excluding carboxylic acids is 1.